The second-order valence-corrected chi connectivity index (χ2v) is 28.2. The van der Waals surface area contributed by atoms with E-state index in [1.54, 1.807) is 0 Å². The molecule has 0 amide bonds. The average molecular weight is 1310 g/mol. The maximum Gasteiger partial charge on any atom is 0.472 e. The molecule has 0 rings (SSSR count). The topological polar surface area (TPSA) is 237 Å². The predicted octanol–water partition coefficient (Wildman–Crippen LogP) is 20.3. The van der Waals surface area contributed by atoms with Gasteiger partial charge in [0.1, 0.15) is 19.3 Å². The number of carbonyl (C=O) groups is 4. The number of hydrogen-bond donors (Lipinski definition) is 3. The van der Waals surface area contributed by atoms with Crippen molar-refractivity contribution in [2.45, 2.75) is 386 Å². The largest absolute Gasteiger partial charge is 0.472 e. The Morgan fingerprint density at radius 1 is 0.270 bits per heavy atom. The van der Waals surface area contributed by atoms with Gasteiger partial charge in [0.05, 0.1) is 26.4 Å². The third kappa shape index (κ3) is 64.6. The Balaban J connectivity index is 5.17. The molecule has 5 atom stereocenters. The normalized spacial score (nSPS) is 14.0. The summed E-state index contributed by atoms with van der Waals surface area (Å²) in [5.41, 5.74) is 0. The number of phosphoric acid groups is 2. The lowest BCUT2D eigenvalue weighted by Crippen LogP contribution is -2.30. The Morgan fingerprint density at radius 2 is 0.449 bits per heavy atom. The molecule has 0 aromatic heterocycles. The predicted molar refractivity (Wildman–Crippen MR) is 359 cm³/mol. The lowest BCUT2D eigenvalue weighted by atomic mass is 10.0. The molecule has 0 bridgehead atoms. The maximum absolute atomic E-state index is 13.0. The zero-order valence-electron chi connectivity index (χ0n) is 57.4. The van der Waals surface area contributed by atoms with Crippen LogP contribution < -0.4 is 0 Å². The van der Waals surface area contributed by atoms with Crippen molar-refractivity contribution in [3.63, 3.8) is 0 Å². The maximum atomic E-state index is 13.0. The Hall–Kier alpha value is -1.94. The van der Waals surface area contributed by atoms with Crippen molar-refractivity contribution in [2.75, 3.05) is 39.6 Å². The van der Waals surface area contributed by atoms with Gasteiger partial charge in [-0.05, 0) is 25.7 Å². The van der Waals surface area contributed by atoms with E-state index in [1.165, 1.54) is 186 Å². The van der Waals surface area contributed by atoms with Crippen molar-refractivity contribution in [1.82, 2.24) is 0 Å². The summed E-state index contributed by atoms with van der Waals surface area (Å²) in [5, 5.41) is 10.6. The minimum absolute atomic E-state index is 0.106. The van der Waals surface area contributed by atoms with Crippen LogP contribution in [0.2, 0.25) is 0 Å². The van der Waals surface area contributed by atoms with Crippen LogP contribution in [0, 0.1) is 0 Å². The summed E-state index contributed by atoms with van der Waals surface area (Å²) < 4.78 is 68.1. The lowest BCUT2D eigenvalue weighted by Gasteiger charge is -2.21. The fraction of sp³-hybridized carbons (Fsp3) is 0.943. The highest BCUT2D eigenvalue weighted by molar-refractivity contribution is 7.47. The molecule has 0 saturated carbocycles. The molecule has 0 aromatic rings. The van der Waals surface area contributed by atoms with Crippen LogP contribution in [-0.4, -0.2) is 96.7 Å². The highest BCUT2D eigenvalue weighted by Gasteiger charge is 2.30. The van der Waals surface area contributed by atoms with Gasteiger partial charge in [-0.25, -0.2) is 9.13 Å². The summed E-state index contributed by atoms with van der Waals surface area (Å²) in [4.78, 5) is 72.3. The fourth-order valence-corrected chi connectivity index (χ4v) is 12.3. The molecule has 0 aliphatic carbocycles. The zero-order valence-corrected chi connectivity index (χ0v) is 59.2. The molecule has 0 saturated heterocycles. The Morgan fingerprint density at radius 3 is 0.663 bits per heavy atom. The van der Waals surface area contributed by atoms with Crippen molar-refractivity contribution in [3.8, 4) is 0 Å². The fourth-order valence-electron chi connectivity index (χ4n) is 10.7. The number of hydrogen-bond acceptors (Lipinski definition) is 15. The van der Waals surface area contributed by atoms with E-state index >= 15 is 0 Å². The zero-order chi connectivity index (χ0) is 65.4. The number of aliphatic hydroxyl groups excluding tert-OH is 1. The highest BCUT2D eigenvalue weighted by Crippen LogP contribution is 2.45. The average Bonchev–Trinajstić information content (AvgIpc) is 3.67. The Bertz CT molecular complexity index is 1710. The summed E-state index contributed by atoms with van der Waals surface area (Å²) in [6.07, 6.45) is 52.9. The number of unbranched alkanes of at least 4 members (excludes halogenated alkanes) is 45. The van der Waals surface area contributed by atoms with Crippen LogP contribution in [0.15, 0.2) is 0 Å². The number of rotatable bonds is 71. The molecule has 0 aliphatic heterocycles. The van der Waals surface area contributed by atoms with Crippen LogP contribution in [0.5, 0.6) is 0 Å². The minimum atomic E-state index is -4.95. The van der Waals surface area contributed by atoms with Crippen molar-refractivity contribution in [2.24, 2.45) is 0 Å². The summed E-state index contributed by atoms with van der Waals surface area (Å²) in [6, 6.07) is 0. The van der Waals surface area contributed by atoms with Crippen LogP contribution >= 0.6 is 15.6 Å². The highest BCUT2D eigenvalue weighted by atomic mass is 31.2. The first kappa shape index (κ1) is 87.1. The van der Waals surface area contributed by atoms with Crippen molar-refractivity contribution in [3.05, 3.63) is 0 Å². The quantitative estimate of drug-likeness (QED) is 0.0222. The molecule has 528 valence electrons. The van der Waals surface area contributed by atoms with Gasteiger partial charge in [-0.3, -0.25) is 37.3 Å². The van der Waals surface area contributed by atoms with Gasteiger partial charge in [0.2, 0.25) is 0 Å². The molecular formula is C70H136O17P2. The molecule has 0 fully saturated rings. The van der Waals surface area contributed by atoms with E-state index in [0.717, 1.165) is 103 Å². The second-order valence-electron chi connectivity index (χ2n) is 25.3. The first-order chi connectivity index (χ1) is 43.2. The van der Waals surface area contributed by atoms with E-state index in [0.29, 0.717) is 25.7 Å². The van der Waals surface area contributed by atoms with Crippen LogP contribution in [0.4, 0.5) is 0 Å². The summed E-state index contributed by atoms with van der Waals surface area (Å²) in [7, 11) is -9.89. The van der Waals surface area contributed by atoms with Crippen LogP contribution in [0.3, 0.4) is 0 Å². The first-order valence-corrected chi connectivity index (χ1v) is 39.8. The molecule has 3 N–H and O–H groups in total. The van der Waals surface area contributed by atoms with Gasteiger partial charge in [0, 0.05) is 25.7 Å². The van der Waals surface area contributed by atoms with Gasteiger partial charge in [-0.2, -0.15) is 0 Å². The van der Waals surface area contributed by atoms with Gasteiger partial charge in [0.15, 0.2) is 12.2 Å². The van der Waals surface area contributed by atoms with E-state index in [9.17, 15) is 43.2 Å². The molecule has 0 heterocycles. The molecule has 89 heavy (non-hydrogen) atoms. The number of phosphoric ester groups is 2. The summed E-state index contributed by atoms with van der Waals surface area (Å²) in [6.45, 7) is 4.89. The molecule has 0 aromatic carbocycles. The molecule has 0 radical (unpaired) electrons. The van der Waals surface area contributed by atoms with Gasteiger partial charge in [-0.15, -0.1) is 0 Å². The third-order valence-corrected chi connectivity index (χ3v) is 18.3. The third-order valence-electron chi connectivity index (χ3n) is 16.4. The first-order valence-electron chi connectivity index (χ1n) is 36.8. The number of esters is 4. The van der Waals surface area contributed by atoms with Crippen LogP contribution in [0.1, 0.15) is 368 Å². The SMILES string of the molecule is CCCCCCCCCCCCCCCCCCCC(=O)O[C@H](COC(=O)CCCCCCCCCCCCCCCCCC)COP(=O)(O)OC[C@@H](O)COP(=O)(O)OC[C@@H](COC(=O)CCCCCCCCC)OC(=O)CCCCCCCCCCC. The van der Waals surface area contributed by atoms with Gasteiger partial charge in [-0.1, -0.05) is 317 Å². The van der Waals surface area contributed by atoms with E-state index in [-0.39, 0.29) is 25.7 Å². The minimum Gasteiger partial charge on any atom is -0.462 e. The van der Waals surface area contributed by atoms with E-state index < -0.39 is 97.5 Å². The van der Waals surface area contributed by atoms with Crippen molar-refractivity contribution in [1.29, 1.82) is 0 Å². The number of carbonyl (C=O) groups excluding carboxylic acids is 4. The lowest BCUT2D eigenvalue weighted by molar-refractivity contribution is -0.161. The van der Waals surface area contributed by atoms with E-state index in [1.807, 2.05) is 0 Å². The van der Waals surface area contributed by atoms with Gasteiger partial charge >= 0.3 is 39.5 Å². The van der Waals surface area contributed by atoms with Gasteiger partial charge < -0.3 is 33.8 Å². The van der Waals surface area contributed by atoms with Crippen molar-refractivity contribution < 1.29 is 80.2 Å². The summed E-state index contributed by atoms with van der Waals surface area (Å²) in [5.74, 6) is -2.13. The molecule has 17 nitrogen and oxygen atoms in total. The number of aliphatic hydroxyl groups is 1. The Kier molecular flexibility index (Phi) is 63.3. The Labute approximate surface area is 543 Å². The monoisotopic (exact) mass is 1310 g/mol. The van der Waals surface area contributed by atoms with Crippen LogP contribution in [-0.2, 0) is 65.4 Å². The van der Waals surface area contributed by atoms with E-state index in [2.05, 4.69) is 27.7 Å². The molecule has 2 unspecified atom stereocenters. The van der Waals surface area contributed by atoms with E-state index in [4.69, 9.17) is 37.0 Å². The molecule has 0 aliphatic rings. The second kappa shape index (κ2) is 64.8. The van der Waals surface area contributed by atoms with Gasteiger partial charge in [0.25, 0.3) is 0 Å². The number of ether oxygens (including phenoxy) is 4. The molecule has 0 spiro atoms. The van der Waals surface area contributed by atoms with Crippen LogP contribution in [0.25, 0.3) is 0 Å². The van der Waals surface area contributed by atoms with Crippen molar-refractivity contribution >= 4 is 39.5 Å². The summed E-state index contributed by atoms with van der Waals surface area (Å²) >= 11 is 0. The molecular weight excluding hydrogens is 1170 g/mol. The standard InChI is InChI=1S/C70H136O17P2/c1-5-9-13-17-21-24-26-28-30-32-34-36-38-41-45-49-53-57-70(75)87-66(61-81-68(73)55-51-47-43-40-37-35-33-31-29-27-25-22-18-14-10-6-2)63-85-89(78,79)83-59-64(71)58-82-88(76,77)84-62-65(60-80-67(72)54-50-46-42-20-16-12-8-4)86-69(74)56-52-48-44-39-23-19-15-11-7-3/h64-66,71H,5-63H2,1-4H3,(H,76,77)(H,78,79)/t64-,65+,66+/m0/s1. The smallest absolute Gasteiger partial charge is 0.462 e. The molecule has 19 heteroatoms.